The van der Waals surface area contributed by atoms with Crippen LogP contribution in [0.2, 0.25) is 0 Å². The molecular formula is C28H38N5P. The number of hydrogen-bond acceptors (Lipinski definition) is 5. The van der Waals surface area contributed by atoms with E-state index in [0.29, 0.717) is 5.92 Å². The molecule has 1 heterocycles. The first-order chi connectivity index (χ1) is 16.1. The Balaban J connectivity index is 1.91. The molecule has 0 fully saturated rings. The van der Waals surface area contributed by atoms with Gasteiger partial charge in [-0.05, 0) is 0 Å². The van der Waals surface area contributed by atoms with Crippen molar-refractivity contribution in [1.82, 2.24) is 5.32 Å². The molecular weight excluding hydrogens is 437 g/mol. The predicted molar refractivity (Wildman–Crippen MR) is 148 cm³/mol. The van der Waals surface area contributed by atoms with Crippen molar-refractivity contribution >= 4 is 23.2 Å². The van der Waals surface area contributed by atoms with E-state index < -0.39 is 19.2 Å². The molecule has 4 rings (SSSR count). The van der Waals surface area contributed by atoms with Crippen LogP contribution in [0, 0.1) is 5.92 Å². The zero-order chi connectivity index (χ0) is 24.4. The third-order valence-electron chi connectivity index (χ3n) is 7.00. The molecule has 9 N–H and O–H groups in total. The van der Waals surface area contributed by atoms with Gasteiger partial charge in [0.05, 0.1) is 0 Å². The molecule has 0 amide bonds. The van der Waals surface area contributed by atoms with Crippen LogP contribution in [0.3, 0.4) is 0 Å². The summed E-state index contributed by atoms with van der Waals surface area (Å²) in [6.45, 7) is 4.63. The summed E-state index contributed by atoms with van der Waals surface area (Å²) in [7, 11) is -2.32. The van der Waals surface area contributed by atoms with Crippen LogP contribution in [0.5, 0.6) is 0 Å². The maximum atomic E-state index is 6.49. The molecule has 3 unspecified atom stereocenters. The van der Waals surface area contributed by atoms with Crippen molar-refractivity contribution in [3.05, 3.63) is 103 Å². The molecule has 0 saturated heterocycles. The van der Waals surface area contributed by atoms with Crippen LogP contribution >= 0.6 is 7.26 Å². The van der Waals surface area contributed by atoms with Gasteiger partial charge in [-0.3, -0.25) is 0 Å². The fraction of sp³-hybridized carbons (Fsp3) is 0.286. The zero-order valence-corrected chi connectivity index (χ0v) is 21.1. The van der Waals surface area contributed by atoms with Crippen molar-refractivity contribution < 1.29 is 0 Å². The van der Waals surface area contributed by atoms with Crippen molar-refractivity contribution in [1.29, 1.82) is 0 Å². The van der Waals surface area contributed by atoms with Crippen molar-refractivity contribution in [2.24, 2.45) is 28.9 Å². The molecule has 34 heavy (non-hydrogen) atoms. The van der Waals surface area contributed by atoms with Gasteiger partial charge in [0.15, 0.2) is 0 Å². The average Bonchev–Trinajstić information content (AvgIpc) is 2.91. The first kappa shape index (κ1) is 24.7. The molecule has 0 aromatic heterocycles. The summed E-state index contributed by atoms with van der Waals surface area (Å²) in [6.07, 6.45) is 4.94. The van der Waals surface area contributed by atoms with Crippen LogP contribution in [0.25, 0.3) is 0 Å². The van der Waals surface area contributed by atoms with Gasteiger partial charge in [0.1, 0.15) is 0 Å². The van der Waals surface area contributed by atoms with Crippen LogP contribution < -0.4 is 44.2 Å². The second-order valence-corrected chi connectivity index (χ2v) is 14.0. The Hall–Kier alpha value is -2.37. The Morgan fingerprint density at radius 3 is 2.00 bits per heavy atom. The maximum absolute atomic E-state index is 6.49. The first-order valence-electron chi connectivity index (χ1n) is 11.9. The molecule has 3 aromatic rings. The molecule has 6 heteroatoms. The second kappa shape index (κ2) is 9.71. The van der Waals surface area contributed by atoms with E-state index >= 15 is 0 Å². The van der Waals surface area contributed by atoms with Gasteiger partial charge in [-0.2, -0.15) is 0 Å². The quantitative estimate of drug-likeness (QED) is 0.212. The van der Waals surface area contributed by atoms with Gasteiger partial charge in [-0.25, -0.2) is 0 Å². The summed E-state index contributed by atoms with van der Waals surface area (Å²) < 4.78 is 0. The summed E-state index contributed by atoms with van der Waals surface area (Å²) in [5.74, 6) is -0.928. The Morgan fingerprint density at radius 2 is 1.44 bits per heavy atom. The Bertz CT molecular complexity index is 1090. The summed E-state index contributed by atoms with van der Waals surface area (Å²) in [5, 5.41) is 8.00. The number of fused-ring (bicyclic) bond motifs is 1. The SMILES string of the molecule is CC1CC(C)(NC(N)/C=C/C(N)(N)N)c2ccccc2[PH](c2ccccc2)(c2ccccc2)C1. The molecule has 0 aliphatic carbocycles. The number of hydrogen-bond donors (Lipinski definition) is 5. The summed E-state index contributed by atoms with van der Waals surface area (Å²) >= 11 is 0. The molecule has 0 bridgehead atoms. The Morgan fingerprint density at radius 1 is 0.912 bits per heavy atom. The third kappa shape index (κ3) is 5.01. The fourth-order valence-electron chi connectivity index (χ4n) is 5.83. The number of nitrogens with two attached hydrogens (primary N) is 4. The predicted octanol–water partition coefficient (Wildman–Crippen LogP) is 1.93. The molecule has 0 spiro atoms. The van der Waals surface area contributed by atoms with Gasteiger partial charge in [-0.1, -0.05) is 0 Å². The van der Waals surface area contributed by atoms with E-state index in [-0.39, 0.29) is 5.54 Å². The number of rotatable bonds is 6. The van der Waals surface area contributed by atoms with E-state index in [0.717, 1.165) is 12.6 Å². The minimum atomic E-state index is -2.32. The van der Waals surface area contributed by atoms with Crippen LogP contribution in [-0.4, -0.2) is 18.1 Å². The molecule has 1 aliphatic rings. The molecule has 1 aliphatic heterocycles. The Labute approximate surface area is 203 Å². The zero-order valence-electron chi connectivity index (χ0n) is 20.1. The van der Waals surface area contributed by atoms with E-state index in [1.165, 1.54) is 21.5 Å². The van der Waals surface area contributed by atoms with E-state index in [4.69, 9.17) is 22.9 Å². The summed E-state index contributed by atoms with van der Waals surface area (Å²) in [5.41, 5.74) is 24.6. The Kier molecular flexibility index (Phi) is 7.07. The minimum absolute atomic E-state index is 0.335. The van der Waals surface area contributed by atoms with Crippen LogP contribution in [0.4, 0.5) is 0 Å². The molecule has 3 atom stereocenters. The van der Waals surface area contributed by atoms with Gasteiger partial charge >= 0.3 is 204 Å². The van der Waals surface area contributed by atoms with Crippen molar-refractivity contribution in [3.63, 3.8) is 0 Å². The van der Waals surface area contributed by atoms with Gasteiger partial charge < -0.3 is 0 Å². The van der Waals surface area contributed by atoms with E-state index in [1.807, 2.05) is 0 Å². The van der Waals surface area contributed by atoms with Crippen molar-refractivity contribution in [2.75, 3.05) is 6.16 Å². The average molecular weight is 476 g/mol. The van der Waals surface area contributed by atoms with E-state index in [2.05, 4.69) is 104 Å². The van der Waals surface area contributed by atoms with Gasteiger partial charge in [-0.15, -0.1) is 0 Å². The molecule has 180 valence electrons. The number of benzene rings is 3. The number of nitrogens with one attached hydrogen (secondary N) is 1. The van der Waals surface area contributed by atoms with Gasteiger partial charge in [0, 0.05) is 0 Å². The molecule has 0 saturated carbocycles. The third-order valence-corrected chi connectivity index (χ3v) is 12.3. The monoisotopic (exact) mass is 475 g/mol. The van der Waals surface area contributed by atoms with Gasteiger partial charge in [0.25, 0.3) is 0 Å². The van der Waals surface area contributed by atoms with E-state index in [9.17, 15) is 0 Å². The normalized spacial score (nSPS) is 24.2. The van der Waals surface area contributed by atoms with Crippen molar-refractivity contribution in [3.8, 4) is 0 Å². The molecule has 3 aromatic carbocycles. The standard InChI is InChI=1S/C28H38N5P/c1-21-19-27(2,33-26(29)17-18-28(30,31)32)24-15-9-10-16-25(24)34(20-21,22-11-5-3-6-12-22)23-13-7-4-8-14-23/h3-18,21,26,33-34H,19-20,29-32H2,1-2H3/b18-17+. The fourth-order valence-corrected chi connectivity index (χ4v) is 11.4. The van der Waals surface area contributed by atoms with Crippen LogP contribution in [0.1, 0.15) is 25.8 Å². The van der Waals surface area contributed by atoms with Gasteiger partial charge in [0.2, 0.25) is 0 Å². The molecule has 5 nitrogen and oxygen atoms in total. The van der Waals surface area contributed by atoms with Crippen LogP contribution in [-0.2, 0) is 5.54 Å². The summed E-state index contributed by atoms with van der Waals surface area (Å²) in [6, 6.07) is 31.1. The summed E-state index contributed by atoms with van der Waals surface area (Å²) in [4.78, 5) is 0. The van der Waals surface area contributed by atoms with Crippen molar-refractivity contribution in [2.45, 2.75) is 37.8 Å². The topological polar surface area (TPSA) is 116 Å². The van der Waals surface area contributed by atoms with Crippen LogP contribution in [0.15, 0.2) is 97.1 Å². The van der Waals surface area contributed by atoms with E-state index in [1.54, 1.807) is 12.2 Å². The second-order valence-electron chi connectivity index (χ2n) is 10.1. The first-order valence-corrected chi connectivity index (χ1v) is 14.2. The molecule has 0 radical (unpaired) electrons.